The summed E-state index contributed by atoms with van der Waals surface area (Å²) in [5.41, 5.74) is -0.888. The standard InChI is InChI=1S/C9H20N2O4S/c1-7(2)10-16(13,14)11-8(12)9(3,4)6-15-5/h7,10H,6H2,1-5H3,(H,11,12). The topological polar surface area (TPSA) is 84.5 Å². The molecule has 0 fully saturated rings. The van der Waals surface area contributed by atoms with E-state index in [0.717, 1.165) is 0 Å². The molecule has 0 aromatic carbocycles. The number of ether oxygens (including phenoxy) is 1. The summed E-state index contributed by atoms with van der Waals surface area (Å²) in [5.74, 6) is -0.595. The smallest absolute Gasteiger partial charge is 0.301 e. The molecule has 0 bridgehead atoms. The summed E-state index contributed by atoms with van der Waals surface area (Å²) in [5, 5.41) is 0. The van der Waals surface area contributed by atoms with E-state index in [1.807, 2.05) is 4.72 Å². The van der Waals surface area contributed by atoms with Gasteiger partial charge in [0.05, 0.1) is 12.0 Å². The summed E-state index contributed by atoms with van der Waals surface area (Å²) in [7, 11) is -2.33. The van der Waals surface area contributed by atoms with Crippen LogP contribution < -0.4 is 9.44 Å². The van der Waals surface area contributed by atoms with E-state index in [-0.39, 0.29) is 12.6 Å². The van der Waals surface area contributed by atoms with Crippen LogP contribution in [0.1, 0.15) is 27.7 Å². The number of rotatable bonds is 6. The zero-order valence-electron chi connectivity index (χ0n) is 10.3. The van der Waals surface area contributed by atoms with Crippen LogP contribution in [0, 0.1) is 5.41 Å². The fraction of sp³-hybridized carbons (Fsp3) is 0.889. The molecule has 96 valence electrons. The highest BCUT2D eigenvalue weighted by Gasteiger charge is 2.30. The van der Waals surface area contributed by atoms with Crippen LogP contribution in [0.4, 0.5) is 0 Å². The van der Waals surface area contributed by atoms with Crippen molar-refractivity contribution < 1.29 is 17.9 Å². The van der Waals surface area contributed by atoms with Gasteiger partial charge in [0.2, 0.25) is 5.91 Å². The molecule has 0 aromatic rings. The number of carbonyl (C=O) groups excluding carboxylic acids is 1. The van der Waals surface area contributed by atoms with Gasteiger partial charge in [-0.2, -0.15) is 13.1 Å². The van der Waals surface area contributed by atoms with E-state index in [1.54, 1.807) is 27.7 Å². The lowest BCUT2D eigenvalue weighted by molar-refractivity contribution is -0.130. The van der Waals surface area contributed by atoms with E-state index in [4.69, 9.17) is 4.74 Å². The number of nitrogens with one attached hydrogen (secondary N) is 2. The van der Waals surface area contributed by atoms with Gasteiger partial charge in [0.15, 0.2) is 0 Å². The first-order valence-electron chi connectivity index (χ1n) is 4.94. The Balaban J connectivity index is 4.56. The quantitative estimate of drug-likeness (QED) is 0.698. The maximum Gasteiger partial charge on any atom is 0.301 e. The molecule has 0 radical (unpaired) electrons. The lowest BCUT2D eigenvalue weighted by Crippen LogP contribution is -2.48. The zero-order valence-corrected chi connectivity index (χ0v) is 11.1. The number of carbonyl (C=O) groups is 1. The Kier molecular flexibility index (Phi) is 5.37. The van der Waals surface area contributed by atoms with E-state index < -0.39 is 21.5 Å². The lowest BCUT2D eigenvalue weighted by atomic mass is 9.94. The van der Waals surface area contributed by atoms with Gasteiger partial charge in [0.25, 0.3) is 0 Å². The van der Waals surface area contributed by atoms with Crippen LogP contribution in [0.25, 0.3) is 0 Å². The Bertz CT molecular complexity index is 335. The van der Waals surface area contributed by atoms with E-state index in [0.29, 0.717) is 0 Å². The maximum absolute atomic E-state index is 11.6. The first-order chi connectivity index (χ1) is 7.10. The van der Waals surface area contributed by atoms with Crippen molar-refractivity contribution in [2.75, 3.05) is 13.7 Å². The highest BCUT2D eigenvalue weighted by atomic mass is 32.2. The average molecular weight is 252 g/mol. The molecule has 0 aliphatic carbocycles. The molecule has 6 nitrogen and oxygen atoms in total. The molecule has 0 rings (SSSR count). The van der Waals surface area contributed by atoms with Crippen LogP contribution in [-0.2, 0) is 19.7 Å². The van der Waals surface area contributed by atoms with Crippen molar-refractivity contribution in [3.05, 3.63) is 0 Å². The van der Waals surface area contributed by atoms with Crippen molar-refractivity contribution in [3.8, 4) is 0 Å². The van der Waals surface area contributed by atoms with Crippen molar-refractivity contribution in [1.82, 2.24) is 9.44 Å². The van der Waals surface area contributed by atoms with Crippen molar-refractivity contribution in [2.24, 2.45) is 5.41 Å². The number of hydrogen-bond acceptors (Lipinski definition) is 4. The van der Waals surface area contributed by atoms with Crippen LogP contribution >= 0.6 is 0 Å². The fourth-order valence-electron chi connectivity index (χ4n) is 1.03. The van der Waals surface area contributed by atoms with Gasteiger partial charge in [-0.15, -0.1) is 0 Å². The number of methoxy groups -OCH3 is 1. The lowest BCUT2D eigenvalue weighted by Gasteiger charge is -2.22. The van der Waals surface area contributed by atoms with Crippen LogP contribution in [0.2, 0.25) is 0 Å². The molecular formula is C9H20N2O4S. The molecule has 7 heteroatoms. The van der Waals surface area contributed by atoms with Crippen LogP contribution in [0.3, 0.4) is 0 Å². The summed E-state index contributed by atoms with van der Waals surface area (Å²) in [4.78, 5) is 11.6. The third-order valence-electron chi connectivity index (χ3n) is 1.74. The second-order valence-electron chi connectivity index (χ2n) is 4.52. The van der Waals surface area contributed by atoms with Crippen molar-refractivity contribution >= 4 is 16.1 Å². The maximum atomic E-state index is 11.6. The van der Waals surface area contributed by atoms with Gasteiger partial charge in [-0.05, 0) is 27.7 Å². The fourth-order valence-corrected chi connectivity index (χ4v) is 2.23. The molecule has 0 heterocycles. The van der Waals surface area contributed by atoms with E-state index in [9.17, 15) is 13.2 Å². The molecule has 0 unspecified atom stereocenters. The summed E-state index contributed by atoms with van der Waals surface area (Å²) in [6.07, 6.45) is 0. The molecule has 0 atom stereocenters. The van der Waals surface area contributed by atoms with Crippen molar-refractivity contribution in [2.45, 2.75) is 33.7 Å². The summed E-state index contributed by atoms with van der Waals surface area (Å²) in [6.45, 7) is 6.71. The van der Waals surface area contributed by atoms with Gasteiger partial charge in [0, 0.05) is 13.2 Å². The van der Waals surface area contributed by atoms with Gasteiger partial charge in [-0.1, -0.05) is 0 Å². The van der Waals surface area contributed by atoms with Gasteiger partial charge in [-0.3, -0.25) is 4.79 Å². The SMILES string of the molecule is COCC(C)(C)C(=O)NS(=O)(=O)NC(C)C. The van der Waals surface area contributed by atoms with Crippen LogP contribution in [0.5, 0.6) is 0 Å². The molecule has 0 aliphatic heterocycles. The van der Waals surface area contributed by atoms with Crippen LogP contribution in [0.15, 0.2) is 0 Å². The molecule has 0 saturated heterocycles. The van der Waals surface area contributed by atoms with E-state index >= 15 is 0 Å². The molecule has 0 aromatic heterocycles. The number of amides is 1. The minimum Gasteiger partial charge on any atom is -0.384 e. The Morgan fingerprint density at radius 3 is 2.25 bits per heavy atom. The molecule has 16 heavy (non-hydrogen) atoms. The van der Waals surface area contributed by atoms with Gasteiger partial charge < -0.3 is 4.74 Å². The normalized spacial score (nSPS) is 12.9. The molecular weight excluding hydrogens is 232 g/mol. The van der Waals surface area contributed by atoms with Crippen molar-refractivity contribution in [3.63, 3.8) is 0 Å². The highest BCUT2D eigenvalue weighted by molar-refractivity contribution is 7.88. The largest absolute Gasteiger partial charge is 0.384 e. The molecule has 1 amide bonds. The Morgan fingerprint density at radius 1 is 1.38 bits per heavy atom. The Labute approximate surface area is 96.9 Å². The minimum atomic E-state index is -3.79. The third-order valence-corrected chi connectivity index (χ3v) is 2.97. The van der Waals surface area contributed by atoms with Gasteiger partial charge in [0.1, 0.15) is 0 Å². The first-order valence-corrected chi connectivity index (χ1v) is 6.42. The molecule has 0 aliphatic rings. The highest BCUT2D eigenvalue weighted by Crippen LogP contribution is 2.15. The predicted molar refractivity (Wildman–Crippen MR) is 61.0 cm³/mol. The average Bonchev–Trinajstić information content (AvgIpc) is 1.99. The van der Waals surface area contributed by atoms with Gasteiger partial charge in [-0.25, -0.2) is 4.72 Å². The summed E-state index contributed by atoms with van der Waals surface area (Å²) in [6, 6.07) is -0.268. The van der Waals surface area contributed by atoms with Crippen LogP contribution in [-0.4, -0.2) is 34.1 Å². The second-order valence-corrected chi connectivity index (χ2v) is 5.97. The summed E-state index contributed by atoms with van der Waals surface area (Å²) < 4.78 is 31.9. The second kappa shape index (κ2) is 5.60. The Morgan fingerprint density at radius 2 is 1.88 bits per heavy atom. The molecule has 2 N–H and O–H groups in total. The summed E-state index contributed by atoms with van der Waals surface area (Å²) >= 11 is 0. The third kappa shape index (κ3) is 5.43. The predicted octanol–water partition coefficient (Wildman–Crippen LogP) is 0.0180. The minimum absolute atomic E-state index is 0.149. The van der Waals surface area contributed by atoms with E-state index in [1.165, 1.54) is 7.11 Å². The van der Waals surface area contributed by atoms with E-state index in [2.05, 4.69) is 4.72 Å². The monoisotopic (exact) mass is 252 g/mol. The van der Waals surface area contributed by atoms with Gasteiger partial charge >= 0.3 is 10.2 Å². The zero-order chi connectivity index (χ0) is 13.0. The number of hydrogen-bond donors (Lipinski definition) is 2. The first kappa shape index (κ1) is 15.3. The van der Waals surface area contributed by atoms with Crippen molar-refractivity contribution in [1.29, 1.82) is 0 Å². The molecule has 0 saturated carbocycles. The Hall–Kier alpha value is -0.660. The molecule has 0 spiro atoms.